The maximum Gasteiger partial charge on any atom is 0.349 e. The van der Waals surface area contributed by atoms with Crippen LogP contribution in [0.1, 0.15) is 78.1 Å². The van der Waals surface area contributed by atoms with Gasteiger partial charge in [0.05, 0.1) is 6.61 Å². The Bertz CT molecular complexity index is 287. The molecule has 0 aromatic rings. The molecule has 0 unspecified atom stereocenters. The first-order chi connectivity index (χ1) is 9.70. The summed E-state index contributed by atoms with van der Waals surface area (Å²) in [6.45, 7) is 4.24. The first-order valence-corrected chi connectivity index (χ1v) is 7.94. The van der Waals surface area contributed by atoms with Gasteiger partial charge in [0.15, 0.2) is 0 Å². The molecule has 0 atom stereocenters. The minimum absolute atomic E-state index is 0.235. The van der Waals surface area contributed by atoms with Crippen LogP contribution in [0.25, 0.3) is 0 Å². The molecule has 20 heavy (non-hydrogen) atoms. The van der Waals surface area contributed by atoms with Crippen molar-refractivity contribution in [2.45, 2.75) is 78.1 Å². The molecule has 0 aliphatic heterocycles. The number of unbranched alkanes of at least 4 members (excludes halogenated alkanes) is 8. The topological polar surface area (TPSA) is 55.7 Å². The van der Waals surface area contributed by atoms with Gasteiger partial charge in [0.2, 0.25) is 5.91 Å². The Balaban J connectivity index is 3.37. The highest BCUT2D eigenvalue weighted by atomic mass is 16.5. The normalized spacial score (nSPS) is 10.9. The van der Waals surface area contributed by atoms with Crippen LogP contribution in [0.3, 0.4) is 0 Å². The average Bonchev–Trinajstić information content (AvgIpc) is 2.43. The Hall–Kier alpha value is -1.19. The maximum atomic E-state index is 11.4. The predicted octanol–water partition coefficient (Wildman–Crippen LogP) is 4.07. The van der Waals surface area contributed by atoms with E-state index in [1.54, 1.807) is 6.92 Å². The third kappa shape index (κ3) is 13.2. The van der Waals surface area contributed by atoms with Gasteiger partial charge >= 0.3 is 5.97 Å². The molecule has 0 heterocycles. The van der Waals surface area contributed by atoms with E-state index >= 15 is 0 Å². The number of hydrogen-bond donors (Lipinski definition) is 0. The van der Waals surface area contributed by atoms with E-state index in [0.717, 1.165) is 19.1 Å². The van der Waals surface area contributed by atoms with Gasteiger partial charge in [0.1, 0.15) is 6.21 Å². The van der Waals surface area contributed by atoms with Crippen molar-refractivity contribution in [1.29, 1.82) is 0 Å². The third-order valence-corrected chi connectivity index (χ3v) is 3.09. The maximum absolute atomic E-state index is 11.4. The van der Waals surface area contributed by atoms with Crippen LogP contribution in [0.2, 0.25) is 0 Å². The van der Waals surface area contributed by atoms with Crippen LogP contribution >= 0.6 is 0 Å². The molecule has 0 N–H and O–H groups in total. The number of rotatable bonds is 12. The molecule has 0 aliphatic rings. The van der Waals surface area contributed by atoms with E-state index in [0.29, 0.717) is 13.0 Å². The number of hydrogen-bond acceptors (Lipinski definition) is 3. The van der Waals surface area contributed by atoms with Crippen LogP contribution in [0.4, 0.5) is 0 Å². The Labute approximate surface area is 123 Å². The van der Waals surface area contributed by atoms with Gasteiger partial charge in [-0.25, -0.2) is 9.79 Å². The van der Waals surface area contributed by atoms with Gasteiger partial charge in [0, 0.05) is 6.42 Å². The molecule has 116 valence electrons. The SMILES string of the molecule is CCCCCCCCCCCC(=O)N=CC(=O)OCC. The van der Waals surface area contributed by atoms with Crippen LogP contribution in [0.5, 0.6) is 0 Å². The highest BCUT2D eigenvalue weighted by molar-refractivity contribution is 6.25. The Morgan fingerprint density at radius 2 is 1.45 bits per heavy atom. The van der Waals surface area contributed by atoms with Crippen molar-refractivity contribution in [2.75, 3.05) is 6.61 Å². The van der Waals surface area contributed by atoms with E-state index in [2.05, 4.69) is 16.7 Å². The summed E-state index contributed by atoms with van der Waals surface area (Å²) >= 11 is 0. The van der Waals surface area contributed by atoms with Crippen molar-refractivity contribution in [3.8, 4) is 0 Å². The van der Waals surface area contributed by atoms with Crippen molar-refractivity contribution in [2.24, 2.45) is 4.99 Å². The van der Waals surface area contributed by atoms with Gasteiger partial charge in [0.25, 0.3) is 0 Å². The van der Waals surface area contributed by atoms with E-state index in [1.807, 2.05) is 0 Å². The van der Waals surface area contributed by atoms with Crippen molar-refractivity contribution in [3.63, 3.8) is 0 Å². The standard InChI is InChI=1S/C16H29NO3/c1-3-5-6-7-8-9-10-11-12-13-15(18)17-14-16(19)20-4-2/h14H,3-13H2,1-2H3. The highest BCUT2D eigenvalue weighted by Crippen LogP contribution is 2.10. The largest absolute Gasteiger partial charge is 0.462 e. The zero-order chi connectivity index (χ0) is 15.1. The zero-order valence-corrected chi connectivity index (χ0v) is 13.0. The van der Waals surface area contributed by atoms with Crippen molar-refractivity contribution in [3.05, 3.63) is 0 Å². The Kier molecular flexibility index (Phi) is 13.4. The molecule has 0 aromatic heterocycles. The molecule has 4 nitrogen and oxygen atoms in total. The number of carbonyl (C=O) groups is 2. The van der Waals surface area contributed by atoms with Crippen LogP contribution in [0, 0.1) is 0 Å². The summed E-state index contributed by atoms with van der Waals surface area (Å²) in [6.07, 6.45) is 12.4. The van der Waals surface area contributed by atoms with E-state index < -0.39 is 5.97 Å². The van der Waals surface area contributed by atoms with Crippen LogP contribution in [0.15, 0.2) is 4.99 Å². The average molecular weight is 283 g/mol. The van der Waals surface area contributed by atoms with Crippen molar-refractivity contribution < 1.29 is 14.3 Å². The van der Waals surface area contributed by atoms with Gasteiger partial charge < -0.3 is 4.74 Å². The summed E-state index contributed by atoms with van der Waals surface area (Å²) in [5.74, 6) is -0.783. The lowest BCUT2D eigenvalue weighted by Gasteiger charge is -2.00. The quantitative estimate of drug-likeness (QED) is 0.308. The van der Waals surface area contributed by atoms with E-state index in [4.69, 9.17) is 0 Å². The second-order valence-electron chi connectivity index (χ2n) is 4.98. The number of carbonyl (C=O) groups excluding carboxylic acids is 2. The fourth-order valence-corrected chi connectivity index (χ4v) is 1.96. The lowest BCUT2D eigenvalue weighted by Crippen LogP contribution is -2.06. The molecule has 0 spiro atoms. The van der Waals surface area contributed by atoms with Crippen LogP contribution < -0.4 is 0 Å². The summed E-state index contributed by atoms with van der Waals surface area (Å²) in [4.78, 5) is 25.9. The molecule has 1 amide bonds. The molecule has 0 bridgehead atoms. The van der Waals surface area contributed by atoms with Gasteiger partial charge in [-0.2, -0.15) is 0 Å². The lowest BCUT2D eigenvalue weighted by atomic mass is 10.1. The molecule has 4 heteroatoms. The highest BCUT2D eigenvalue weighted by Gasteiger charge is 2.01. The summed E-state index contributed by atoms with van der Waals surface area (Å²) in [5, 5.41) is 0. The van der Waals surface area contributed by atoms with Gasteiger partial charge in [-0.15, -0.1) is 0 Å². The second-order valence-corrected chi connectivity index (χ2v) is 4.98. The lowest BCUT2D eigenvalue weighted by molar-refractivity contribution is -0.134. The molecule has 0 radical (unpaired) electrons. The fourth-order valence-electron chi connectivity index (χ4n) is 1.96. The summed E-state index contributed by atoms with van der Waals surface area (Å²) in [6, 6.07) is 0. The number of esters is 1. The van der Waals surface area contributed by atoms with Gasteiger partial charge in [-0.05, 0) is 13.3 Å². The van der Waals surface area contributed by atoms with Crippen molar-refractivity contribution in [1.82, 2.24) is 0 Å². The third-order valence-electron chi connectivity index (χ3n) is 3.09. The zero-order valence-electron chi connectivity index (χ0n) is 13.0. The van der Waals surface area contributed by atoms with Crippen LogP contribution in [-0.2, 0) is 14.3 Å². The molecule has 0 saturated carbocycles. The molecular formula is C16H29NO3. The second kappa shape index (κ2) is 14.2. The summed E-state index contributed by atoms with van der Waals surface area (Å²) in [7, 11) is 0. The van der Waals surface area contributed by atoms with E-state index in [1.165, 1.54) is 44.9 Å². The molecule has 0 fully saturated rings. The minimum Gasteiger partial charge on any atom is -0.462 e. The van der Waals surface area contributed by atoms with Gasteiger partial charge in [-0.3, -0.25) is 4.79 Å². The number of ether oxygens (including phenoxy) is 1. The number of amides is 1. The number of aliphatic imine (C=N–C) groups is 1. The summed E-state index contributed by atoms with van der Waals surface area (Å²) < 4.78 is 4.65. The Morgan fingerprint density at radius 3 is 2.00 bits per heavy atom. The van der Waals surface area contributed by atoms with Crippen molar-refractivity contribution >= 4 is 18.1 Å². The molecular weight excluding hydrogens is 254 g/mol. The molecule has 0 rings (SSSR count). The smallest absolute Gasteiger partial charge is 0.349 e. The molecule has 0 aromatic carbocycles. The van der Waals surface area contributed by atoms with E-state index in [9.17, 15) is 9.59 Å². The first kappa shape index (κ1) is 18.8. The first-order valence-electron chi connectivity index (χ1n) is 7.94. The Morgan fingerprint density at radius 1 is 0.900 bits per heavy atom. The minimum atomic E-state index is -0.548. The number of nitrogens with zero attached hydrogens (tertiary/aromatic N) is 1. The molecule has 0 aliphatic carbocycles. The monoisotopic (exact) mass is 283 g/mol. The van der Waals surface area contributed by atoms with Crippen LogP contribution in [-0.4, -0.2) is 24.7 Å². The predicted molar refractivity (Wildman–Crippen MR) is 82.0 cm³/mol. The molecule has 0 saturated heterocycles. The van der Waals surface area contributed by atoms with Gasteiger partial charge in [-0.1, -0.05) is 58.3 Å². The fraction of sp³-hybridized carbons (Fsp3) is 0.812. The van der Waals surface area contributed by atoms with E-state index in [-0.39, 0.29) is 5.91 Å². The summed E-state index contributed by atoms with van der Waals surface area (Å²) in [5.41, 5.74) is 0.